The minimum Gasteiger partial charge on any atom is -0.497 e. The van der Waals surface area contributed by atoms with Crippen LogP contribution >= 0.6 is 11.8 Å². The summed E-state index contributed by atoms with van der Waals surface area (Å²) in [5.74, 6) is 1.31. The summed E-state index contributed by atoms with van der Waals surface area (Å²) in [5.41, 5.74) is 4.07. The maximum absolute atomic E-state index is 12.1. The fraction of sp³-hybridized carbons (Fsp3) is 0.250. The van der Waals surface area contributed by atoms with Gasteiger partial charge < -0.3 is 9.47 Å². The van der Waals surface area contributed by atoms with Gasteiger partial charge in [0.15, 0.2) is 0 Å². The summed E-state index contributed by atoms with van der Waals surface area (Å²) in [6.07, 6.45) is 2.48. The standard InChI is InChI=1S/C20H22N6O3S/c1-3-12-29-18-7-5-4-6-15(18)13-21-22-19(27)14-30-20-23-24-25-26(20)16-8-10-17(28-2)11-9-16/h4-11,13H,3,12,14H2,1-2H3,(H,22,27). The zero-order chi connectivity index (χ0) is 21.2. The second-order valence-electron chi connectivity index (χ2n) is 6.04. The van der Waals surface area contributed by atoms with Gasteiger partial charge in [0.25, 0.3) is 5.91 Å². The monoisotopic (exact) mass is 426 g/mol. The Morgan fingerprint density at radius 3 is 2.80 bits per heavy atom. The van der Waals surface area contributed by atoms with Crippen molar-refractivity contribution in [1.82, 2.24) is 25.6 Å². The summed E-state index contributed by atoms with van der Waals surface area (Å²) in [6, 6.07) is 14.8. The molecule has 0 saturated heterocycles. The number of carbonyl (C=O) groups is 1. The molecule has 0 aliphatic rings. The predicted molar refractivity (Wildman–Crippen MR) is 114 cm³/mol. The number of carbonyl (C=O) groups excluding carboxylic acids is 1. The summed E-state index contributed by atoms with van der Waals surface area (Å²) in [7, 11) is 1.60. The Kier molecular flexibility index (Phi) is 7.78. The molecule has 3 aromatic rings. The minimum absolute atomic E-state index is 0.113. The number of amides is 1. The third kappa shape index (κ3) is 5.80. The maximum Gasteiger partial charge on any atom is 0.250 e. The van der Waals surface area contributed by atoms with Crippen molar-refractivity contribution in [2.45, 2.75) is 18.5 Å². The largest absolute Gasteiger partial charge is 0.497 e. The van der Waals surface area contributed by atoms with Gasteiger partial charge in [-0.1, -0.05) is 30.8 Å². The first-order valence-corrected chi connectivity index (χ1v) is 10.3. The van der Waals surface area contributed by atoms with Crippen molar-refractivity contribution in [3.05, 3.63) is 54.1 Å². The summed E-state index contributed by atoms with van der Waals surface area (Å²) >= 11 is 1.21. The summed E-state index contributed by atoms with van der Waals surface area (Å²) in [5, 5.41) is 16.2. The van der Waals surface area contributed by atoms with Crippen LogP contribution in [0.3, 0.4) is 0 Å². The summed E-state index contributed by atoms with van der Waals surface area (Å²) in [4.78, 5) is 12.1. The molecule has 3 rings (SSSR count). The molecule has 1 aromatic heterocycles. The van der Waals surface area contributed by atoms with Gasteiger partial charge in [-0.2, -0.15) is 9.78 Å². The third-order valence-corrected chi connectivity index (χ3v) is 4.78. The fourth-order valence-electron chi connectivity index (χ4n) is 2.42. The number of ether oxygens (including phenoxy) is 2. The number of hydrazone groups is 1. The van der Waals surface area contributed by atoms with Crippen molar-refractivity contribution in [2.24, 2.45) is 5.10 Å². The number of para-hydroxylation sites is 1. The zero-order valence-electron chi connectivity index (χ0n) is 16.7. The number of thioether (sulfide) groups is 1. The molecule has 0 unspecified atom stereocenters. The molecule has 0 bridgehead atoms. The second-order valence-corrected chi connectivity index (χ2v) is 6.98. The molecule has 0 fully saturated rings. The van der Waals surface area contributed by atoms with Crippen molar-refractivity contribution in [2.75, 3.05) is 19.5 Å². The van der Waals surface area contributed by atoms with E-state index in [-0.39, 0.29) is 11.7 Å². The number of benzene rings is 2. The van der Waals surface area contributed by atoms with E-state index in [0.717, 1.165) is 29.2 Å². The molecule has 9 nitrogen and oxygen atoms in total. The number of nitrogens with one attached hydrogen (secondary N) is 1. The van der Waals surface area contributed by atoms with E-state index < -0.39 is 0 Å². The number of methoxy groups -OCH3 is 1. The van der Waals surface area contributed by atoms with Gasteiger partial charge in [0.1, 0.15) is 11.5 Å². The lowest BCUT2D eigenvalue weighted by Crippen LogP contribution is -2.20. The Morgan fingerprint density at radius 1 is 1.23 bits per heavy atom. The molecule has 1 N–H and O–H groups in total. The molecule has 0 saturated carbocycles. The SMILES string of the molecule is CCCOc1ccccc1C=NNC(=O)CSc1nnnn1-c1ccc(OC)cc1. The highest BCUT2D eigenvalue weighted by molar-refractivity contribution is 7.99. The third-order valence-electron chi connectivity index (χ3n) is 3.86. The van der Waals surface area contributed by atoms with Crippen LogP contribution in [0.4, 0.5) is 0 Å². The number of hydrogen-bond donors (Lipinski definition) is 1. The van der Waals surface area contributed by atoms with Crippen LogP contribution in [-0.2, 0) is 4.79 Å². The van der Waals surface area contributed by atoms with Gasteiger partial charge in [-0.05, 0) is 53.2 Å². The van der Waals surface area contributed by atoms with Crippen LogP contribution in [0.1, 0.15) is 18.9 Å². The molecule has 156 valence electrons. The summed E-state index contributed by atoms with van der Waals surface area (Å²) < 4.78 is 12.4. The summed E-state index contributed by atoms with van der Waals surface area (Å²) in [6.45, 7) is 2.66. The average Bonchev–Trinajstić information content (AvgIpc) is 3.26. The lowest BCUT2D eigenvalue weighted by molar-refractivity contribution is -0.118. The van der Waals surface area contributed by atoms with Crippen LogP contribution in [0.5, 0.6) is 11.5 Å². The van der Waals surface area contributed by atoms with E-state index in [0.29, 0.717) is 11.8 Å². The van der Waals surface area contributed by atoms with Crippen LogP contribution in [0.2, 0.25) is 0 Å². The second kappa shape index (κ2) is 11.0. The zero-order valence-corrected chi connectivity index (χ0v) is 17.5. The van der Waals surface area contributed by atoms with Crippen molar-refractivity contribution in [3.63, 3.8) is 0 Å². The molecule has 0 radical (unpaired) electrons. The van der Waals surface area contributed by atoms with E-state index in [1.54, 1.807) is 18.0 Å². The normalized spacial score (nSPS) is 10.9. The van der Waals surface area contributed by atoms with Gasteiger partial charge in [0.05, 0.1) is 31.4 Å². The molecule has 0 atom stereocenters. The maximum atomic E-state index is 12.1. The highest BCUT2D eigenvalue weighted by Crippen LogP contribution is 2.20. The Bertz CT molecular complexity index is 990. The molecule has 0 aliphatic carbocycles. The quantitative estimate of drug-likeness (QED) is 0.302. The lowest BCUT2D eigenvalue weighted by atomic mass is 10.2. The van der Waals surface area contributed by atoms with E-state index >= 15 is 0 Å². The highest BCUT2D eigenvalue weighted by atomic mass is 32.2. The molecule has 30 heavy (non-hydrogen) atoms. The van der Waals surface area contributed by atoms with Gasteiger partial charge in [-0.25, -0.2) is 5.43 Å². The van der Waals surface area contributed by atoms with Crippen molar-refractivity contribution in [1.29, 1.82) is 0 Å². The predicted octanol–water partition coefficient (Wildman–Crippen LogP) is 2.70. The number of nitrogens with zero attached hydrogens (tertiary/aromatic N) is 5. The fourth-order valence-corrected chi connectivity index (χ4v) is 3.10. The van der Waals surface area contributed by atoms with Gasteiger partial charge in [-0.15, -0.1) is 5.10 Å². The Balaban J connectivity index is 1.55. The van der Waals surface area contributed by atoms with Crippen molar-refractivity contribution >= 4 is 23.9 Å². The lowest BCUT2D eigenvalue weighted by Gasteiger charge is -2.07. The van der Waals surface area contributed by atoms with Crippen LogP contribution in [0.15, 0.2) is 58.8 Å². The molecule has 2 aromatic carbocycles. The first kappa shape index (κ1) is 21.3. The van der Waals surface area contributed by atoms with E-state index in [9.17, 15) is 4.79 Å². The van der Waals surface area contributed by atoms with Crippen molar-refractivity contribution in [3.8, 4) is 17.2 Å². The molecule has 1 heterocycles. The first-order valence-electron chi connectivity index (χ1n) is 9.30. The number of hydrogen-bond acceptors (Lipinski definition) is 8. The van der Waals surface area contributed by atoms with Gasteiger partial charge in [0, 0.05) is 5.56 Å². The molecular formula is C20H22N6O3S. The number of aromatic nitrogens is 4. The molecule has 1 amide bonds. The Labute approximate surface area is 178 Å². The van der Waals surface area contributed by atoms with E-state index in [2.05, 4.69) is 26.1 Å². The van der Waals surface area contributed by atoms with Crippen LogP contribution in [0, 0.1) is 0 Å². The Hall–Kier alpha value is -3.40. The number of tetrazole rings is 1. The van der Waals surface area contributed by atoms with Gasteiger partial charge in [-0.3, -0.25) is 4.79 Å². The van der Waals surface area contributed by atoms with Crippen LogP contribution in [0.25, 0.3) is 5.69 Å². The highest BCUT2D eigenvalue weighted by Gasteiger charge is 2.11. The van der Waals surface area contributed by atoms with E-state index in [1.165, 1.54) is 11.8 Å². The Morgan fingerprint density at radius 2 is 2.03 bits per heavy atom. The molecule has 0 aliphatic heterocycles. The topological polar surface area (TPSA) is 104 Å². The first-order chi connectivity index (χ1) is 14.7. The molecule has 0 spiro atoms. The molecular weight excluding hydrogens is 404 g/mol. The number of rotatable bonds is 10. The van der Waals surface area contributed by atoms with Crippen molar-refractivity contribution < 1.29 is 14.3 Å². The average molecular weight is 427 g/mol. The van der Waals surface area contributed by atoms with Crippen LogP contribution < -0.4 is 14.9 Å². The van der Waals surface area contributed by atoms with E-state index in [1.807, 2.05) is 55.5 Å². The molecule has 10 heteroatoms. The van der Waals surface area contributed by atoms with Gasteiger partial charge in [0.2, 0.25) is 5.16 Å². The smallest absolute Gasteiger partial charge is 0.250 e. The van der Waals surface area contributed by atoms with E-state index in [4.69, 9.17) is 9.47 Å². The minimum atomic E-state index is -0.271. The van der Waals surface area contributed by atoms with Gasteiger partial charge >= 0.3 is 0 Å². The van der Waals surface area contributed by atoms with Crippen LogP contribution in [-0.4, -0.2) is 51.8 Å².